The first-order chi connectivity index (χ1) is 7.50. The van der Waals surface area contributed by atoms with Gasteiger partial charge in [0.1, 0.15) is 11.6 Å². The van der Waals surface area contributed by atoms with E-state index in [0.717, 1.165) is 18.4 Å². The Hall–Kier alpha value is -0.920. The molecule has 1 aromatic rings. The standard InChI is InChI=1S/C14H18F2/c1-8(2)9(3)14-12(15)6-11(7-13(14)16)10-4-5-10/h6-10H,4-5H2,1-3H3. The van der Waals surface area contributed by atoms with Gasteiger partial charge in [-0.2, -0.15) is 0 Å². The van der Waals surface area contributed by atoms with Crippen molar-refractivity contribution in [1.29, 1.82) is 0 Å². The lowest BCUT2D eigenvalue weighted by atomic mass is 9.88. The Morgan fingerprint density at radius 1 is 1.06 bits per heavy atom. The Labute approximate surface area is 95.7 Å². The molecule has 0 heterocycles. The lowest BCUT2D eigenvalue weighted by Gasteiger charge is -2.18. The van der Waals surface area contributed by atoms with Gasteiger partial charge in [0.25, 0.3) is 0 Å². The monoisotopic (exact) mass is 224 g/mol. The molecule has 16 heavy (non-hydrogen) atoms. The van der Waals surface area contributed by atoms with Gasteiger partial charge in [0.2, 0.25) is 0 Å². The SMILES string of the molecule is CC(C)C(C)c1c(F)cc(C2CC2)cc1F. The fourth-order valence-corrected chi connectivity index (χ4v) is 2.02. The summed E-state index contributed by atoms with van der Waals surface area (Å²) in [6, 6.07) is 3.05. The van der Waals surface area contributed by atoms with Crippen molar-refractivity contribution in [2.45, 2.75) is 45.4 Å². The van der Waals surface area contributed by atoms with Crippen LogP contribution in [0.4, 0.5) is 8.78 Å². The molecule has 0 N–H and O–H groups in total. The Balaban J connectivity index is 2.38. The first-order valence-electron chi connectivity index (χ1n) is 5.99. The number of hydrogen-bond acceptors (Lipinski definition) is 0. The normalized spacial score (nSPS) is 17.9. The number of halogens is 2. The van der Waals surface area contributed by atoms with Gasteiger partial charge in [0.05, 0.1) is 0 Å². The van der Waals surface area contributed by atoms with Crippen molar-refractivity contribution >= 4 is 0 Å². The maximum atomic E-state index is 13.9. The molecule has 0 saturated heterocycles. The summed E-state index contributed by atoms with van der Waals surface area (Å²) < 4.78 is 27.7. The van der Waals surface area contributed by atoms with E-state index in [1.807, 2.05) is 20.8 Å². The van der Waals surface area contributed by atoms with Gasteiger partial charge >= 0.3 is 0 Å². The molecule has 1 atom stereocenters. The van der Waals surface area contributed by atoms with E-state index in [1.54, 1.807) is 0 Å². The topological polar surface area (TPSA) is 0 Å². The van der Waals surface area contributed by atoms with Crippen LogP contribution in [0, 0.1) is 17.6 Å². The average molecular weight is 224 g/mol. The Morgan fingerprint density at radius 2 is 1.56 bits per heavy atom. The second kappa shape index (κ2) is 4.15. The molecule has 88 valence electrons. The van der Waals surface area contributed by atoms with Crippen LogP contribution in [0.1, 0.15) is 56.6 Å². The minimum absolute atomic E-state index is 0.0757. The molecule has 1 fully saturated rings. The molecule has 0 amide bonds. The molecule has 0 radical (unpaired) electrons. The van der Waals surface area contributed by atoms with E-state index in [-0.39, 0.29) is 29.0 Å². The highest BCUT2D eigenvalue weighted by atomic mass is 19.1. The second-order valence-corrected chi connectivity index (χ2v) is 5.21. The van der Waals surface area contributed by atoms with Gasteiger partial charge in [-0.15, -0.1) is 0 Å². The van der Waals surface area contributed by atoms with E-state index in [4.69, 9.17) is 0 Å². The summed E-state index contributed by atoms with van der Waals surface area (Å²) in [4.78, 5) is 0. The molecule has 1 aromatic carbocycles. The van der Waals surface area contributed by atoms with Crippen LogP contribution in [0.25, 0.3) is 0 Å². The summed E-state index contributed by atoms with van der Waals surface area (Å²) in [7, 11) is 0. The molecule has 0 aromatic heterocycles. The van der Waals surface area contributed by atoms with E-state index < -0.39 is 0 Å². The summed E-state index contributed by atoms with van der Waals surface area (Å²) in [5, 5.41) is 0. The van der Waals surface area contributed by atoms with Gasteiger partial charge in [-0.25, -0.2) is 8.78 Å². The van der Waals surface area contributed by atoms with Gasteiger partial charge in [-0.3, -0.25) is 0 Å². The molecule has 0 nitrogen and oxygen atoms in total. The second-order valence-electron chi connectivity index (χ2n) is 5.21. The van der Waals surface area contributed by atoms with Gasteiger partial charge in [0, 0.05) is 5.56 Å². The number of rotatable bonds is 3. The molecule has 0 spiro atoms. The predicted molar refractivity (Wildman–Crippen MR) is 61.6 cm³/mol. The summed E-state index contributed by atoms with van der Waals surface area (Å²) in [6.07, 6.45) is 2.13. The lowest BCUT2D eigenvalue weighted by Crippen LogP contribution is -2.08. The Morgan fingerprint density at radius 3 is 1.94 bits per heavy atom. The molecule has 1 aliphatic carbocycles. The van der Waals surface area contributed by atoms with Crippen molar-refractivity contribution in [3.8, 4) is 0 Å². The van der Waals surface area contributed by atoms with Crippen molar-refractivity contribution in [3.05, 3.63) is 34.9 Å². The molecule has 1 aliphatic rings. The Bertz CT molecular complexity index is 369. The maximum Gasteiger partial charge on any atom is 0.129 e. The predicted octanol–water partition coefficient (Wildman–Crippen LogP) is 4.60. The highest BCUT2D eigenvalue weighted by Gasteiger charge is 2.27. The van der Waals surface area contributed by atoms with Crippen LogP contribution in [-0.2, 0) is 0 Å². The number of hydrogen-bond donors (Lipinski definition) is 0. The number of benzene rings is 1. The van der Waals surface area contributed by atoms with Crippen LogP contribution in [0.15, 0.2) is 12.1 Å². The van der Waals surface area contributed by atoms with Gasteiger partial charge in [-0.1, -0.05) is 20.8 Å². The van der Waals surface area contributed by atoms with E-state index in [2.05, 4.69) is 0 Å². The molecular formula is C14H18F2. The van der Waals surface area contributed by atoms with Crippen LogP contribution in [0.5, 0.6) is 0 Å². The highest BCUT2D eigenvalue weighted by molar-refractivity contribution is 5.32. The fourth-order valence-electron chi connectivity index (χ4n) is 2.02. The minimum Gasteiger partial charge on any atom is -0.207 e. The zero-order valence-corrected chi connectivity index (χ0v) is 10.1. The van der Waals surface area contributed by atoms with Crippen LogP contribution in [0.2, 0.25) is 0 Å². The molecule has 0 bridgehead atoms. The van der Waals surface area contributed by atoms with Gasteiger partial charge in [-0.05, 0) is 48.3 Å². The van der Waals surface area contributed by atoms with Crippen molar-refractivity contribution in [3.63, 3.8) is 0 Å². The fraction of sp³-hybridized carbons (Fsp3) is 0.571. The lowest BCUT2D eigenvalue weighted by molar-refractivity contribution is 0.467. The molecular weight excluding hydrogens is 206 g/mol. The van der Waals surface area contributed by atoms with Crippen molar-refractivity contribution in [2.75, 3.05) is 0 Å². The summed E-state index contributed by atoms with van der Waals surface area (Å²) in [5.41, 5.74) is 1.08. The molecule has 2 heteroatoms. The third kappa shape index (κ3) is 2.11. The summed E-state index contributed by atoms with van der Waals surface area (Å²) >= 11 is 0. The van der Waals surface area contributed by atoms with Crippen LogP contribution < -0.4 is 0 Å². The Kier molecular flexibility index (Phi) is 3.00. The molecule has 1 unspecified atom stereocenters. The first kappa shape index (κ1) is 11.6. The van der Waals surface area contributed by atoms with Crippen molar-refractivity contribution in [1.82, 2.24) is 0 Å². The van der Waals surface area contributed by atoms with Crippen LogP contribution in [-0.4, -0.2) is 0 Å². The third-order valence-electron chi connectivity index (χ3n) is 3.61. The van der Waals surface area contributed by atoms with Gasteiger partial charge in [0.15, 0.2) is 0 Å². The van der Waals surface area contributed by atoms with Crippen molar-refractivity contribution < 1.29 is 8.78 Å². The molecule has 1 saturated carbocycles. The highest BCUT2D eigenvalue weighted by Crippen LogP contribution is 2.41. The zero-order chi connectivity index (χ0) is 11.9. The maximum absolute atomic E-state index is 13.9. The van der Waals surface area contributed by atoms with Crippen molar-refractivity contribution in [2.24, 2.45) is 5.92 Å². The minimum atomic E-state index is -0.372. The third-order valence-corrected chi connectivity index (χ3v) is 3.61. The summed E-state index contributed by atoms with van der Waals surface area (Å²) in [5.74, 6) is -0.178. The zero-order valence-electron chi connectivity index (χ0n) is 10.1. The van der Waals surface area contributed by atoms with E-state index in [9.17, 15) is 8.78 Å². The molecule has 2 rings (SSSR count). The van der Waals surface area contributed by atoms with Gasteiger partial charge < -0.3 is 0 Å². The smallest absolute Gasteiger partial charge is 0.129 e. The average Bonchev–Trinajstić information content (AvgIpc) is 2.98. The largest absolute Gasteiger partial charge is 0.207 e. The van der Waals surface area contributed by atoms with Crippen LogP contribution >= 0.6 is 0 Å². The molecule has 0 aliphatic heterocycles. The van der Waals surface area contributed by atoms with Crippen LogP contribution in [0.3, 0.4) is 0 Å². The summed E-state index contributed by atoms with van der Waals surface area (Å²) in [6.45, 7) is 5.85. The quantitative estimate of drug-likeness (QED) is 0.703. The first-order valence-corrected chi connectivity index (χ1v) is 5.99. The van der Waals surface area contributed by atoms with E-state index in [1.165, 1.54) is 12.1 Å². The van der Waals surface area contributed by atoms with E-state index in [0.29, 0.717) is 5.92 Å². The van der Waals surface area contributed by atoms with E-state index >= 15 is 0 Å².